The van der Waals surface area contributed by atoms with Gasteiger partial charge in [-0.1, -0.05) is 30.3 Å². The van der Waals surface area contributed by atoms with Crippen LogP contribution in [0.2, 0.25) is 0 Å². The van der Waals surface area contributed by atoms with Gasteiger partial charge < -0.3 is 14.5 Å². The molecule has 0 bridgehead atoms. The molecule has 0 spiro atoms. The molecule has 7 nitrogen and oxygen atoms in total. The van der Waals surface area contributed by atoms with Crippen LogP contribution in [0.3, 0.4) is 0 Å². The number of piperazine rings is 1. The standard InChI is InChI=1S/C22H23FN4O3/c1-30-21(29)18-19(15-5-3-2-4-6-15)24-22(25-20(18)28)27-13-11-26(12-14-27)17-9-7-16(23)8-10-17/h2-10,18-19H,11-14H2,1H3,(H,24,25,28)/t18-,19+/m1/s1. The number of nitrogens with zero attached hydrogens (tertiary/aromatic N) is 3. The fraction of sp³-hybridized carbons (Fsp3) is 0.318. The van der Waals surface area contributed by atoms with Crippen LogP contribution in [0, 0.1) is 11.7 Å². The lowest BCUT2D eigenvalue weighted by molar-refractivity contribution is -0.151. The Morgan fingerprint density at radius 3 is 2.30 bits per heavy atom. The van der Waals surface area contributed by atoms with Crippen molar-refractivity contribution in [3.63, 3.8) is 0 Å². The Kier molecular flexibility index (Phi) is 5.65. The number of guanidine groups is 1. The predicted molar refractivity (Wildman–Crippen MR) is 110 cm³/mol. The van der Waals surface area contributed by atoms with Crippen LogP contribution >= 0.6 is 0 Å². The van der Waals surface area contributed by atoms with Gasteiger partial charge in [-0.2, -0.15) is 0 Å². The first-order valence-corrected chi connectivity index (χ1v) is 9.83. The molecule has 2 atom stereocenters. The fourth-order valence-electron chi connectivity index (χ4n) is 3.84. The summed E-state index contributed by atoms with van der Waals surface area (Å²) in [6.07, 6.45) is 0. The average Bonchev–Trinajstić information content (AvgIpc) is 2.79. The third-order valence-corrected chi connectivity index (χ3v) is 5.46. The number of amides is 1. The number of anilines is 1. The molecule has 4 rings (SSSR count). The second kappa shape index (κ2) is 8.52. The summed E-state index contributed by atoms with van der Waals surface area (Å²) >= 11 is 0. The van der Waals surface area contributed by atoms with Gasteiger partial charge in [-0.25, -0.2) is 9.38 Å². The Bertz CT molecular complexity index is 941. The summed E-state index contributed by atoms with van der Waals surface area (Å²) in [4.78, 5) is 33.9. The minimum absolute atomic E-state index is 0.260. The molecule has 2 aromatic carbocycles. The molecule has 30 heavy (non-hydrogen) atoms. The van der Waals surface area contributed by atoms with E-state index in [1.165, 1.54) is 19.2 Å². The summed E-state index contributed by atoms with van der Waals surface area (Å²) in [5.41, 5.74) is 1.74. The van der Waals surface area contributed by atoms with Crippen molar-refractivity contribution in [2.75, 3.05) is 38.2 Å². The summed E-state index contributed by atoms with van der Waals surface area (Å²) in [6, 6.07) is 15.1. The first-order chi connectivity index (χ1) is 14.6. The molecule has 2 aliphatic rings. The van der Waals surface area contributed by atoms with E-state index >= 15 is 0 Å². The predicted octanol–water partition coefficient (Wildman–Crippen LogP) is 1.96. The van der Waals surface area contributed by atoms with Gasteiger partial charge in [0.25, 0.3) is 0 Å². The summed E-state index contributed by atoms with van der Waals surface area (Å²) in [5, 5.41) is 2.78. The Hall–Kier alpha value is -3.42. The van der Waals surface area contributed by atoms with Gasteiger partial charge in [-0.05, 0) is 29.8 Å². The van der Waals surface area contributed by atoms with Crippen molar-refractivity contribution in [2.45, 2.75) is 6.04 Å². The van der Waals surface area contributed by atoms with Gasteiger partial charge in [0.1, 0.15) is 11.9 Å². The van der Waals surface area contributed by atoms with Crippen LogP contribution < -0.4 is 10.2 Å². The Morgan fingerprint density at radius 2 is 1.67 bits per heavy atom. The SMILES string of the molecule is COC(=O)[C@H]1C(=O)NC(N2CCN(c3ccc(F)cc3)CC2)=N[C@H]1c1ccccc1. The number of halogens is 1. The van der Waals surface area contributed by atoms with E-state index in [0.29, 0.717) is 32.1 Å². The molecule has 8 heteroatoms. The van der Waals surface area contributed by atoms with Crippen molar-refractivity contribution in [3.05, 3.63) is 66.0 Å². The van der Waals surface area contributed by atoms with E-state index in [0.717, 1.165) is 11.3 Å². The van der Waals surface area contributed by atoms with Crippen LogP contribution in [0.25, 0.3) is 0 Å². The average molecular weight is 410 g/mol. The van der Waals surface area contributed by atoms with Crippen LogP contribution in [0.1, 0.15) is 11.6 Å². The van der Waals surface area contributed by atoms with Crippen molar-refractivity contribution in [1.29, 1.82) is 0 Å². The molecule has 0 aliphatic carbocycles. The number of carbonyl (C=O) groups is 2. The number of carbonyl (C=O) groups excluding carboxylic acids is 2. The molecule has 0 radical (unpaired) electrons. The number of methoxy groups -OCH3 is 1. The molecule has 2 heterocycles. The Morgan fingerprint density at radius 1 is 1.03 bits per heavy atom. The van der Waals surface area contributed by atoms with Gasteiger partial charge >= 0.3 is 5.97 Å². The van der Waals surface area contributed by atoms with E-state index in [1.807, 2.05) is 35.2 Å². The number of nitrogens with one attached hydrogen (secondary N) is 1. The van der Waals surface area contributed by atoms with E-state index in [4.69, 9.17) is 9.73 Å². The molecular weight excluding hydrogens is 387 g/mol. The lowest BCUT2D eigenvalue weighted by Crippen LogP contribution is -2.57. The van der Waals surface area contributed by atoms with Crippen molar-refractivity contribution >= 4 is 23.5 Å². The molecule has 1 fully saturated rings. The monoisotopic (exact) mass is 410 g/mol. The number of aliphatic imine (C=N–C) groups is 1. The molecule has 1 saturated heterocycles. The summed E-state index contributed by atoms with van der Waals surface area (Å²) in [5.74, 6) is -1.84. The van der Waals surface area contributed by atoms with E-state index in [9.17, 15) is 14.0 Å². The highest BCUT2D eigenvalue weighted by Gasteiger charge is 2.41. The summed E-state index contributed by atoms with van der Waals surface area (Å²) in [6.45, 7) is 2.69. The summed E-state index contributed by atoms with van der Waals surface area (Å²) < 4.78 is 18.0. The van der Waals surface area contributed by atoms with E-state index in [1.54, 1.807) is 12.1 Å². The Balaban J connectivity index is 1.54. The van der Waals surface area contributed by atoms with Gasteiger partial charge in [0.2, 0.25) is 11.9 Å². The van der Waals surface area contributed by atoms with Gasteiger partial charge in [0, 0.05) is 31.9 Å². The highest BCUT2D eigenvalue weighted by Crippen LogP contribution is 2.31. The number of hydrogen-bond donors (Lipinski definition) is 1. The zero-order chi connectivity index (χ0) is 21.1. The highest BCUT2D eigenvalue weighted by atomic mass is 19.1. The van der Waals surface area contributed by atoms with Crippen LogP contribution in [0.15, 0.2) is 59.6 Å². The minimum atomic E-state index is -1.03. The maximum atomic E-state index is 13.2. The van der Waals surface area contributed by atoms with Crippen molar-refractivity contribution in [3.8, 4) is 0 Å². The van der Waals surface area contributed by atoms with Crippen LogP contribution in [0.5, 0.6) is 0 Å². The number of benzene rings is 2. The van der Waals surface area contributed by atoms with Crippen molar-refractivity contribution in [1.82, 2.24) is 10.2 Å². The van der Waals surface area contributed by atoms with Crippen molar-refractivity contribution in [2.24, 2.45) is 10.9 Å². The molecule has 0 unspecified atom stereocenters. The second-order valence-corrected chi connectivity index (χ2v) is 7.25. The van der Waals surface area contributed by atoms with Crippen LogP contribution in [-0.4, -0.2) is 56.0 Å². The van der Waals surface area contributed by atoms with E-state index in [2.05, 4.69) is 10.2 Å². The van der Waals surface area contributed by atoms with Crippen LogP contribution in [0.4, 0.5) is 10.1 Å². The lowest BCUT2D eigenvalue weighted by Gasteiger charge is -2.39. The number of esters is 1. The number of hydrogen-bond acceptors (Lipinski definition) is 6. The first-order valence-electron chi connectivity index (χ1n) is 9.83. The smallest absolute Gasteiger partial charge is 0.320 e. The largest absolute Gasteiger partial charge is 0.468 e. The normalized spacial score (nSPS) is 21.7. The quantitative estimate of drug-likeness (QED) is 0.619. The van der Waals surface area contributed by atoms with Crippen molar-refractivity contribution < 1.29 is 18.7 Å². The zero-order valence-electron chi connectivity index (χ0n) is 16.6. The molecule has 0 saturated carbocycles. The third kappa shape index (κ3) is 3.98. The van der Waals surface area contributed by atoms with Gasteiger partial charge in [0.05, 0.1) is 7.11 Å². The number of ether oxygens (including phenoxy) is 1. The molecule has 1 amide bonds. The minimum Gasteiger partial charge on any atom is -0.468 e. The second-order valence-electron chi connectivity index (χ2n) is 7.25. The maximum absolute atomic E-state index is 13.2. The van der Waals surface area contributed by atoms with E-state index < -0.39 is 23.8 Å². The zero-order valence-corrected chi connectivity index (χ0v) is 16.6. The molecule has 1 N–H and O–H groups in total. The summed E-state index contributed by atoms with van der Waals surface area (Å²) in [7, 11) is 1.27. The molecule has 2 aromatic rings. The van der Waals surface area contributed by atoms with Gasteiger partial charge in [0.15, 0.2) is 5.92 Å². The topological polar surface area (TPSA) is 74.2 Å². The molecular formula is C22H23FN4O3. The molecule has 0 aromatic heterocycles. The van der Waals surface area contributed by atoms with Crippen LogP contribution in [-0.2, 0) is 14.3 Å². The lowest BCUT2D eigenvalue weighted by atomic mass is 9.91. The van der Waals surface area contributed by atoms with Gasteiger partial charge in [-0.3, -0.25) is 14.9 Å². The molecule has 156 valence electrons. The first kappa shape index (κ1) is 19.9. The maximum Gasteiger partial charge on any atom is 0.320 e. The highest BCUT2D eigenvalue weighted by molar-refractivity contribution is 6.08. The third-order valence-electron chi connectivity index (χ3n) is 5.46. The Labute approximate surface area is 174 Å². The molecule has 2 aliphatic heterocycles. The number of rotatable bonds is 3. The fourth-order valence-corrected chi connectivity index (χ4v) is 3.84. The van der Waals surface area contributed by atoms with E-state index in [-0.39, 0.29) is 5.82 Å². The van der Waals surface area contributed by atoms with Gasteiger partial charge in [-0.15, -0.1) is 0 Å².